The van der Waals surface area contributed by atoms with Crippen molar-refractivity contribution in [1.82, 2.24) is 4.31 Å². The summed E-state index contributed by atoms with van der Waals surface area (Å²) in [7, 11) is -3.74. The number of ether oxygens (including phenoxy) is 4. The summed E-state index contributed by atoms with van der Waals surface area (Å²) in [6.45, 7) is 5.73. The molecule has 0 unspecified atom stereocenters. The molecule has 0 aromatic heterocycles. The van der Waals surface area contributed by atoms with Gasteiger partial charge in [-0.3, -0.25) is 4.79 Å². The summed E-state index contributed by atoms with van der Waals surface area (Å²) >= 11 is 0. The summed E-state index contributed by atoms with van der Waals surface area (Å²) in [5.74, 6) is 0.858. The highest BCUT2D eigenvalue weighted by Gasteiger charge is 2.28. The molecule has 1 amide bonds. The van der Waals surface area contributed by atoms with Gasteiger partial charge in [0.05, 0.1) is 36.1 Å². The van der Waals surface area contributed by atoms with Crippen LogP contribution in [0.5, 0.6) is 17.2 Å². The summed E-state index contributed by atoms with van der Waals surface area (Å²) in [6, 6.07) is 16.1. The van der Waals surface area contributed by atoms with Crippen LogP contribution in [0.25, 0.3) is 6.08 Å². The van der Waals surface area contributed by atoms with Gasteiger partial charge in [0.25, 0.3) is 0 Å². The first-order valence-corrected chi connectivity index (χ1v) is 17.0. The average Bonchev–Trinajstić information content (AvgIpc) is 3.08. The van der Waals surface area contributed by atoms with Crippen molar-refractivity contribution in [1.29, 1.82) is 0 Å². The molecule has 2 heterocycles. The maximum atomic E-state index is 13.4. The molecule has 2 aliphatic heterocycles. The first-order valence-electron chi connectivity index (χ1n) is 15.6. The van der Waals surface area contributed by atoms with Crippen molar-refractivity contribution >= 4 is 33.4 Å². The maximum absolute atomic E-state index is 13.4. The largest absolute Gasteiger partial charge is 0.490 e. The molecule has 0 spiro atoms. The van der Waals surface area contributed by atoms with E-state index in [-0.39, 0.29) is 37.0 Å². The van der Waals surface area contributed by atoms with Crippen molar-refractivity contribution in [2.45, 2.75) is 31.1 Å². The van der Waals surface area contributed by atoms with Gasteiger partial charge in [-0.2, -0.15) is 4.31 Å². The van der Waals surface area contributed by atoms with E-state index < -0.39 is 15.9 Å². The molecule has 2 fully saturated rings. The molecular formula is C34H40FN3O7S. The summed E-state index contributed by atoms with van der Waals surface area (Å²) in [5, 5.41) is 2.93. The molecule has 2 saturated heterocycles. The number of hydrogen-bond acceptors (Lipinski definition) is 8. The normalized spacial score (nSPS) is 15.9. The lowest BCUT2D eigenvalue weighted by Gasteiger charge is -2.31. The van der Waals surface area contributed by atoms with E-state index >= 15 is 0 Å². The Kier molecular flexibility index (Phi) is 11.5. The van der Waals surface area contributed by atoms with Gasteiger partial charge in [-0.1, -0.05) is 6.07 Å². The van der Waals surface area contributed by atoms with Gasteiger partial charge < -0.3 is 29.2 Å². The van der Waals surface area contributed by atoms with Gasteiger partial charge in [0.2, 0.25) is 15.9 Å². The maximum Gasteiger partial charge on any atom is 0.248 e. The third-order valence-corrected chi connectivity index (χ3v) is 9.54. The fourth-order valence-electron chi connectivity index (χ4n) is 5.33. The number of morpholine rings is 1. The molecule has 1 N–H and O–H groups in total. The number of piperidine rings is 1. The van der Waals surface area contributed by atoms with E-state index in [0.717, 1.165) is 38.0 Å². The molecular weight excluding hydrogens is 613 g/mol. The Balaban J connectivity index is 1.27. The number of benzene rings is 3. The third kappa shape index (κ3) is 8.77. The van der Waals surface area contributed by atoms with Crippen molar-refractivity contribution in [3.8, 4) is 17.2 Å². The van der Waals surface area contributed by atoms with Crippen LogP contribution in [-0.4, -0.2) is 77.8 Å². The van der Waals surface area contributed by atoms with E-state index in [1.807, 2.05) is 6.92 Å². The summed E-state index contributed by atoms with van der Waals surface area (Å²) in [4.78, 5) is 15.5. The van der Waals surface area contributed by atoms with Crippen LogP contribution in [0.2, 0.25) is 0 Å². The predicted octanol–water partition coefficient (Wildman–Crippen LogP) is 5.35. The molecule has 46 heavy (non-hydrogen) atoms. The fraction of sp³-hybridized carbons (Fsp3) is 0.382. The zero-order chi connectivity index (χ0) is 32.4. The van der Waals surface area contributed by atoms with E-state index in [9.17, 15) is 17.6 Å². The van der Waals surface area contributed by atoms with Crippen LogP contribution in [-0.2, 0) is 19.6 Å². The second-order valence-corrected chi connectivity index (χ2v) is 12.8. The lowest BCUT2D eigenvalue weighted by molar-refractivity contribution is -0.111. The van der Waals surface area contributed by atoms with Gasteiger partial charge in [-0.15, -0.1) is 0 Å². The lowest BCUT2D eigenvalue weighted by Crippen LogP contribution is -2.40. The van der Waals surface area contributed by atoms with Gasteiger partial charge >= 0.3 is 0 Å². The van der Waals surface area contributed by atoms with Crippen molar-refractivity contribution in [2.75, 3.05) is 69.4 Å². The Morgan fingerprint density at radius 3 is 2.37 bits per heavy atom. The van der Waals surface area contributed by atoms with Gasteiger partial charge in [-0.05, 0) is 92.4 Å². The van der Waals surface area contributed by atoms with E-state index in [0.29, 0.717) is 48.3 Å². The van der Waals surface area contributed by atoms with E-state index in [4.69, 9.17) is 18.9 Å². The van der Waals surface area contributed by atoms with Crippen LogP contribution in [0.15, 0.2) is 71.6 Å². The van der Waals surface area contributed by atoms with Crippen LogP contribution in [0.3, 0.4) is 0 Å². The second-order valence-electron chi connectivity index (χ2n) is 10.9. The van der Waals surface area contributed by atoms with Crippen LogP contribution < -0.4 is 24.4 Å². The molecule has 5 rings (SSSR count). The SMILES string of the molecule is CCOc1cc(/C=C/C(=O)Nc2cc(S(=O)(=O)N3CCOCC3)ccc2N2CCCCC2)ccc1OCCOc1ccc(F)cc1. The lowest BCUT2D eigenvalue weighted by atomic mass is 10.1. The molecule has 2 aliphatic rings. The minimum absolute atomic E-state index is 0.134. The number of rotatable bonds is 13. The Bertz CT molecular complexity index is 1600. The molecule has 3 aromatic carbocycles. The van der Waals surface area contributed by atoms with Crippen LogP contribution in [0.1, 0.15) is 31.7 Å². The molecule has 0 radical (unpaired) electrons. The number of sulfonamides is 1. The number of carbonyl (C=O) groups is 1. The van der Waals surface area contributed by atoms with Crippen LogP contribution in [0.4, 0.5) is 15.8 Å². The summed E-state index contributed by atoms with van der Waals surface area (Å²) in [5.41, 5.74) is 1.96. The number of nitrogens with zero attached hydrogens (tertiary/aromatic N) is 2. The molecule has 0 atom stereocenters. The Hall–Kier alpha value is -4.13. The van der Waals surface area contributed by atoms with Gasteiger partial charge in [0, 0.05) is 32.3 Å². The minimum Gasteiger partial charge on any atom is -0.490 e. The summed E-state index contributed by atoms with van der Waals surface area (Å²) in [6.07, 6.45) is 6.27. The average molecular weight is 654 g/mol. The number of carbonyl (C=O) groups excluding carboxylic acids is 1. The number of anilines is 2. The van der Waals surface area contributed by atoms with Crippen LogP contribution in [0, 0.1) is 5.82 Å². The molecule has 0 saturated carbocycles. The molecule has 12 heteroatoms. The van der Waals surface area contributed by atoms with E-state index in [2.05, 4.69) is 10.2 Å². The van der Waals surface area contributed by atoms with Crippen molar-refractivity contribution < 1.29 is 36.6 Å². The third-order valence-electron chi connectivity index (χ3n) is 7.65. The molecule has 0 bridgehead atoms. The number of amides is 1. The van der Waals surface area contributed by atoms with E-state index in [1.54, 1.807) is 54.6 Å². The summed E-state index contributed by atoms with van der Waals surface area (Å²) < 4.78 is 63.8. The Morgan fingerprint density at radius 1 is 0.891 bits per heavy atom. The smallest absolute Gasteiger partial charge is 0.248 e. The highest BCUT2D eigenvalue weighted by Crippen LogP contribution is 2.33. The minimum atomic E-state index is -3.74. The van der Waals surface area contributed by atoms with Crippen molar-refractivity contribution in [3.63, 3.8) is 0 Å². The molecule has 0 aliphatic carbocycles. The quantitative estimate of drug-likeness (QED) is 0.195. The first kappa shape index (κ1) is 33.2. The first-order chi connectivity index (χ1) is 22.3. The zero-order valence-electron chi connectivity index (χ0n) is 26.0. The standard InChI is InChI=1S/C34H40FN3O7S/c1-2-43-33-24-26(6-14-32(33)45-23-22-44-28-10-8-27(35)9-11-28)7-15-34(39)36-30-25-29(46(40,41)38-18-20-42-21-19-38)12-13-31(30)37-16-4-3-5-17-37/h6-15,24-25H,2-5,16-23H2,1H3,(H,36,39)/b15-7+. The predicted molar refractivity (Wildman–Crippen MR) is 175 cm³/mol. The molecule has 10 nitrogen and oxygen atoms in total. The zero-order valence-corrected chi connectivity index (χ0v) is 26.8. The molecule has 3 aromatic rings. The second kappa shape index (κ2) is 15.9. The highest BCUT2D eigenvalue weighted by atomic mass is 32.2. The van der Waals surface area contributed by atoms with Gasteiger partial charge in [0.1, 0.15) is 24.8 Å². The topological polar surface area (TPSA) is 107 Å². The van der Waals surface area contributed by atoms with Crippen LogP contribution >= 0.6 is 0 Å². The van der Waals surface area contributed by atoms with Gasteiger partial charge in [0.15, 0.2) is 11.5 Å². The Morgan fingerprint density at radius 2 is 1.63 bits per heavy atom. The van der Waals surface area contributed by atoms with Crippen molar-refractivity contribution in [2.24, 2.45) is 0 Å². The van der Waals surface area contributed by atoms with Crippen molar-refractivity contribution in [3.05, 3.63) is 78.1 Å². The Labute approximate surface area is 269 Å². The molecule has 246 valence electrons. The number of nitrogens with one attached hydrogen (secondary N) is 1. The highest BCUT2D eigenvalue weighted by molar-refractivity contribution is 7.89. The van der Waals surface area contributed by atoms with E-state index in [1.165, 1.54) is 22.5 Å². The van der Waals surface area contributed by atoms with Gasteiger partial charge in [-0.25, -0.2) is 12.8 Å². The number of hydrogen-bond donors (Lipinski definition) is 1. The fourth-order valence-corrected chi connectivity index (χ4v) is 6.76. The monoisotopic (exact) mass is 653 g/mol. The number of halogens is 1.